The molecule has 3 aromatic rings. The minimum Gasteiger partial charge on any atom is -0.341 e. The molecule has 0 aliphatic rings. The first-order valence-electron chi connectivity index (χ1n) is 8.32. The van der Waals surface area contributed by atoms with Crippen LogP contribution in [-0.4, -0.2) is 36.7 Å². The molecule has 0 spiro atoms. The standard InChI is InChI=1S/C20H20N4O2S/c1-13(15-7-6-8-16(11-15)27(3,25)26)12-22-19(21)14(2)20-23-17-9-4-5-10-18(17)24-20/h4-12,14,21H,1H2,2-3H3,(H,23,24). The number of sulfone groups is 1. The van der Waals surface area contributed by atoms with Crippen molar-refractivity contribution in [3.8, 4) is 0 Å². The number of hydrogen-bond acceptors (Lipinski definition) is 4. The number of hydrogen-bond donors (Lipinski definition) is 2. The molecule has 0 radical (unpaired) electrons. The number of imidazole rings is 1. The summed E-state index contributed by atoms with van der Waals surface area (Å²) in [5.74, 6) is 0.487. The third kappa shape index (κ3) is 4.20. The average Bonchev–Trinajstić information content (AvgIpc) is 3.08. The topological polar surface area (TPSA) is 99.0 Å². The molecule has 1 heterocycles. The summed E-state index contributed by atoms with van der Waals surface area (Å²) in [6.45, 7) is 5.77. The van der Waals surface area contributed by atoms with E-state index in [-0.39, 0.29) is 16.6 Å². The normalized spacial score (nSPS) is 13.1. The number of amidine groups is 1. The fraction of sp³-hybridized carbons (Fsp3) is 0.150. The predicted octanol–water partition coefficient (Wildman–Crippen LogP) is 3.83. The van der Waals surface area contributed by atoms with Gasteiger partial charge in [-0.25, -0.2) is 18.4 Å². The molecule has 0 fully saturated rings. The van der Waals surface area contributed by atoms with Gasteiger partial charge < -0.3 is 4.98 Å². The molecular formula is C20H20N4O2S. The third-order valence-electron chi connectivity index (χ3n) is 4.22. The minimum atomic E-state index is -3.29. The van der Waals surface area contributed by atoms with Gasteiger partial charge in [-0.1, -0.05) is 30.8 Å². The molecule has 1 atom stereocenters. The van der Waals surface area contributed by atoms with Gasteiger partial charge in [-0.15, -0.1) is 0 Å². The highest BCUT2D eigenvalue weighted by Gasteiger charge is 2.15. The Labute approximate surface area is 158 Å². The summed E-state index contributed by atoms with van der Waals surface area (Å²) in [6, 6.07) is 14.2. The lowest BCUT2D eigenvalue weighted by Crippen LogP contribution is -2.07. The van der Waals surface area contributed by atoms with Crippen LogP contribution in [0, 0.1) is 5.41 Å². The summed E-state index contributed by atoms with van der Waals surface area (Å²) < 4.78 is 23.4. The molecule has 7 heteroatoms. The van der Waals surface area contributed by atoms with Crippen LogP contribution in [0.3, 0.4) is 0 Å². The van der Waals surface area contributed by atoms with Gasteiger partial charge in [-0.05, 0) is 42.3 Å². The fourth-order valence-electron chi connectivity index (χ4n) is 2.57. The second-order valence-corrected chi connectivity index (χ2v) is 8.35. The Kier molecular flexibility index (Phi) is 5.05. The van der Waals surface area contributed by atoms with E-state index in [4.69, 9.17) is 5.41 Å². The Hall–Kier alpha value is -3.06. The Morgan fingerprint density at radius 2 is 2.00 bits per heavy atom. The SMILES string of the molecule is C=C(C=NC(=N)C(C)c1nc2ccccc2[nH]1)c1cccc(S(C)(=O)=O)c1. The zero-order valence-corrected chi connectivity index (χ0v) is 15.9. The molecule has 0 bridgehead atoms. The van der Waals surface area contributed by atoms with Crippen molar-refractivity contribution < 1.29 is 8.42 Å². The minimum absolute atomic E-state index is 0.134. The number of nitrogens with one attached hydrogen (secondary N) is 2. The lowest BCUT2D eigenvalue weighted by atomic mass is 10.1. The number of fused-ring (bicyclic) bond motifs is 1. The smallest absolute Gasteiger partial charge is 0.175 e. The molecule has 0 saturated heterocycles. The van der Waals surface area contributed by atoms with Gasteiger partial charge in [0, 0.05) is 12.5 Å². The van der Waals surface area contributed by atoms with Crippen LogP contribution in [0.25, 0.3) is 16.6 Å². The number of allylic oxidation sites excluding steroid dienone is 1. The lowest BCUT2D eigenvalue weighted by Gasteiger charge is -2.07. The second kappa shape index (κ2) is 7.28. The monoisotopic (exact) mass is 380 g/mol. The highest BCUT2D eigenvalue weighted by molar-refractivity contribution is 7.90. The van der Waals surface area contributed by atoms with E-state index in [1.54, 1.807) is 18.2 Å². The molecule has 1 aromatic heterocycles. The van der Waals surface area contributed by atoms with E-state index in [1.165, 1.54) is 12.3 Å². The molecule has 27 heavy (non-hydrogen) atoms. The van der Waals surface area contributed by atoms with Crippen LogP contribution in [0.2, 0.25) is 0 Å². The number of aliphatic imine (C=N–C) groups is 1. The first-order chi connectivity index (χ1) is 12.8. The molecule has 2 aromatic carbocycles. The van der Waals surface area contributed by atoms with Gasteiger partial charge in [0.15, 0.2) is 9.84 Å². The van der Waals surface area contributed by atoms with Crippen molar-refractivity contribution in [2.24, 2.45) is 4.99 Å². The molecule has 2 N–H and O–H groups in total. The number of aromatic amines is 1. The Morgan fingerprint density at radius 1 is 1.26 bits per heavy atom. The van der Waals surface area contributed by atoms with Gasteiger partial charge >= 0.3 is 0 Å². The summed E-state index contributed by atoms with van der Waals surface area (Å²) in [5.41, 5.74) is 2.93. The van der Waals surface area contributed by atoms with Crippen LogP contribution < -0.4 is 0 Å². The number of para-hydroxylation sites is 2. The van der Waals surface area contributed by atoms with Gasteiger partial charge in [0.1, 0.15) is 11.7 Å². The van der Waals surface area contributed by atoms with Crippen molar-refractivity contribution in [1.29, 1.82) is 5.41 Å². The molecule has 0 amide bonds. The second-order valence-electron chi connectivity index (χ2n) is 6.33. The van der Waals surface area contributed by atoms with Gasteiger partial charge in [0.05, 0.1) is 21.8 Å². The zero-order chi connectivity index (χ0) is 19.6. The average molecular weight is 380 g/mol. The largest absolute Gasteiger partial charge is 0.341 e. The zero-order valence-electron chi connectivity index (χ0n) is 15.1. The Morgan fingerprint density at radius 3 is 2.70 bits per heavy atom. The highest BCUT2D eigenvalue weighted by Crippen LogP contribution is 2.20. The van der Waals surface area contributed by atoms with Crippen LogP contribution in [0.1, 0.15) is 24.2 Å². The predicted molar refractivity (Wildman–Crippen MR) is 109 cm³/mol. The number of nitrogens with zero attached hydrogens (tertiary/aromatic N) is 2. The van der Waals surface area contributed by atoms with Gasteiger partial charge in [-0.2, -0.15) is 0 Å². The van der Waals surface area contributed by atoms with Crippen LogP contribution in [-0.2, 0) is 9.84 Å². The molecule has 3 rings (SSSR count). The van der Waals surface area contributed by atoms with E-state index >= 15 is 0 Å². The van der Waals surface area contributed by atoms with Crippen molar-refractivity contribution in [3.05, 3.63) is 66.5 Å². The maximum atomic E-state index is 11.7. The third-order valence-corrected chi connectivity index (χ3v) is 5.33. The maximum absolute atomic E-state index is 11.7. The molecule has 0 aliphatic carbocycles. The summed E-state index contributed by atoms with van der Waals surface area (Å²) in [6.07, 6.45) is 2.64. The van der Waals surface area contributed by atoms with Gasteiger partial charge in [0.25, 0.3) is 0 Å². The van der Waals surface area contributed by atoms with Crippen LogP contribution >= 0.6 is 0 Å². The van der Waals surface area contributed by atoms with E-state index in [0.717, 1.165) is 17.3 Å². The first kappa shape index (κ1) is 18.7. The summed E-state index contributed by atoms with van der Waals surface area (Å²) in [5, 5.41) is 8.21. The van der Waals surface area contributed by atoms with E-state index < -0.39 is 9.84 Å². The molecular weight excluding hydrogens is 360 g/mol. The quantitative estimate of drug-likeness (QED) is 0.520. The van der Waals surface area contributed by atoms with Gasteiger partial charge in [0.2, 0.25) is 0 Å². The number of aromatic nitrogens is 2. The van der Waals surface area contributed by atoms with Crippen molar-refractivity contribution >= 4 is 38.5 Å². The fourth-order valence-corrected chi connectivity index (χ4v) is 3.23. The summed E-state index contributed by atoms with van der Waals surface area (Å²) >= 11 is 0. The van der Waals surface area contributed by atoms with E-state index in [0.29, 0.717) is 17.0 Å². The van der Waals surface area contributed by atoms with Crippen LogP contribution in [0.4, 0.5) is 0 Å². The Bertz CT molecular complexity index is 1130. The first-order valence-corrected chi connectivity index (χ1v) is 10.2. The van der Waals surface area contributed by atoms with E-state index in [9.17, 15) is 8.42 Å². The van der Waals surface area contributed by atoms with E-state index in [2.05, 4.69) is 21.5 Å². The van der Waals surface area contributed by atoms with Crippen LogP contribution in [0.15, 0.2) is 65.0 Å². The molecule has 0 aliphatic heterocycles. The number of rotatable bonds is 5. The summed E-state index contributed by atoms with van der Waals surface area (Å²) in [7, 11) is -3.29. The van der Waals surface area contributed by atoms with Crippen molar-refractivity contribution in [3.63, 3.8) is 0 Å². The molecule has 6 nitrogen and oxygen atoms in total. The van der Waals surface area contributed by atoms with E-state index in [1.807, 2.05) is 31.2 Å². The molecule has 1 unspecified atom stereocenters. The highest BCUT2D eigenvalue weighted by atomic mass is 32.2. The van der Waals surface area contributed by atoms with Gasteiger partial charge in [-0.3, -0.25) is 5.41 Å². The molecule has 0 saturated carbocycles. The molecule has 138 valence electrons. The lowest BCUT2D eigenvalue weighted by molar-refractivity contribution is 0.602. The number of H-pyrrole nitrogens is 1. The summed E-state index contributed by atoms with van der Waals surface area (Å²) in [4.78, 5) is 12.1. The van der Waals surface area contributed by atoms with Crippen LogP contribution in [0.5, 0.6) is 0 Å². The van der Waals surface area contributed by atoms with Crippen molar-refractivity contribution in [1.82, 2.24) is 9.97 Å². The van der Waals surface area contributed by atoms with Crippen molar-refractivity contribution in [2.45, 2.75) is 17.7 Å². The maximum Gasteiger partial charge on any atom is 0.175 e. The van der Waals surface area contributed by atoms with Crippen molar-refractivity contribution in [2.75, 3.05) is 6.26 Å². The number of benzene rings is 2. The Balaban J connectivity index is 1.76.